The van der Waals surface area contributed by atoms with E-state index in [2.05, 4.69) is 27.9 Å². The van der Waals surface area contributed by atoms with Gasteiger partial charge in [0.05, 0.1) is 0 Å². The summed E-state index contributed by atoms with van der Waals surface area (Å²) in [5, 5.41) is 3.85. The van der Waals surface area contributed by atoms with Gasteiger partial charge in [0.25, 0.3) is 0 Å². The average molecular weight is 408 g/mol. The van der Waals surface area contributed by atoms with Gasteiger partial charge < -0.3 is 5.32 Å². The zero-order chi connectivity index (χ0) is 14.7. The summed E-state index contributed by atoms with van der Waals surface area (Å²) in [7, 11) is 1.83. The molecule has 0 aromatic heterocycles. The second-order valence-electron chi connectivity index (χ2n) is 4.46. The standard InChI is InChI=1S/C15H13ClF2IN/c1-20-15(11-8-10(16)3-5-14(11)19)7-9-2-4-12(17)13(18)6-9/h2-6,8,15,20H,7H2,1H3. The van der Waals surface area contributed by atoms with Crippen LogP contribution in [0.2, 0.25) is 5.02 Å². The molecule has 1 atom stereocenters. The van der Waals surface area contributed by atoms with Gasteiger partial charge in [-0.3, -0.25) is 0 Å². The van der Waals surface area contributed by atoms with E-state index in [-0.39, 0.29) is 6.04 Å². The van der Waals surface area contributed by atoms with Crippen LogP contribution in [-0.4, -0.2) is 7.05 Å². The van der Waals surface area contributed by atoms with E-state index in [1.165, 1.54) is 6.07 Å². The first kappa shape index (κ1) is 15.7. The number of hydrogen-bond acceptors (Lipinski definition) is 1. The van der Waals surface area contributed by atoms with E-state index in [4.69, 9.17) is 11.6 Å². The van der Waals surface area contributed by atoms with Crippen molar-refractivity contribution in [1.29, 1.82) is 0 Å². The van der Waals surface area contributed by atoms with Crippen LogP contribution in [0.1, 0.15) is 17.2 Å². The van der Waals surface area contributed by atoms with Crippen molar-refractivity contribution in [2.75, 3.05) is 7.05 Å². The van der Waals surface area contributed by atoms with Gasteiger partial charge >= 0.3 is 0 Å². The van der Waals surface area contributed by atoms with Crippen LogP contribution in [-0.2, 0) is 6.42 Å². The van der Waals surface area contributed by atoms with Crippen molar-refractivity contribution < 1.29 is 8.78 Å². The maximum Gasteiger partial charge on any atom is 0.159 e. The first-order valence-electron chi connectivity index (χ1n) is 6.07. The zero-order valence-corrected chi connectivity index (χ0v) is 13.7. The minimum absolute atomic E-state index is 0.00883. The van der Waals surface area contributed by atoms with Crippen LogP contribution in [0.5, 0.6) is 0 Å². The number of benzene rings is 2. The van der Waals surface area contributed by atoms with E-state index in [1.807, 2.05) is 25.2 Å². The number of rotatable bonds is 4. The highest BCUT2D eigenvalue weighted by atomic mass is 127. The molecule has 0 bridgehead atoms. The molecule has 2 rings (SSSR count). The Hall–Kier alpha value is -0.720. The molecule has 1 unspecified atom stereocenters. The Labute approximate surface area is 135 Å². The van der Waals surface area contributed by atoms with Gasteiger partial charge in [-0.05, 0) is 77.5 Å². The van der Waals surface area contributed by atoms with Gasteiger partial charge in [-0.2, -0.15) is 0 Å². The summed E-state index contributed by atoms with van der Waals surface area (Å²) in [5.41, 5.74) is 1.78. The second-order valence-corrected chi connectivity index (χ2v) is 6.06. The third-order valence-corrected chi connectivity index (χ3v) is 4.32. The Morgan fingerprint density at radius 2 is 1.90 bits per heavy atom. The highest BCUT2D eigenvalue weighted by Gasteiger charge is 2.15. The number of nitrogens with one attached hydrogen (secondary N) is 1. The van der Waals surface area contributed by atoms with Gasteiger partial charge in [0.1, 0.15) is 0 Å². The Kier molecular flexibility index (Phi) is 5.35. The summed E-state index contributed by atoms with van der Waals surface area (Å²) in [6.45, 7) is 0. The maximum atomic E-state index is 13.3. The molecule has 0 saturated heterocycles. The van der Waals surface area contributed by atoms with Crippen molar-refractivity contribution >= 4 is 34.2 Å². The molecule has 0 aliphatic rings. The fraction of sp³-hybridized carbons (Fsp3) is 0.200. The van der Waals surface area contributed by atoms with Crippen molar-refractivity contribution in [1.82, 2.24) is 5.32 Å². The van der Waals surface area contributed by atoms with E-state index in [9.17, 15) is 8.78 Å². The average Bonchev–Trinajstić information content (AvgIpc) is 2.43. The topological polar surface area (TPSA) is 12.0 Å². The molecule has 0 saturated carbocycles. The van der Waals surface area contributed by atoms with E-state index >= 15 is 0 Å². The molecular weight excluding hydrogens is 395 g/mol. The Morgan fingerprint density at radius 3 is 2.55 bits per heavy atom. The number of hydrogen-bond donors (Lipinski definition) is 1. The molecule has 0 fully saturated rings. The third kappa shape index (κ3) is 3.68. The summed E-state index contributed by atoms with van der Waals surface area (Å²) >= 11 is 8.26. The monoisotopic (exact) mass is 407 g/mol. The van der Waals surface area contributed by atoms with Gasteiger partial charge in [0.15, 0.2) is 11.6 Å². The summed E-state index contributed by atoms with van der Waals surface area (Å²) in [6.07, 6.45) is 0.560. The smallest absolute Gasteiger partial charge is 0.159 e. The fourth-order valence-electron chi connectivity index (χ4n) is 2.05. The van der Waals surface area contributed by atoms with Crippen LogP contribution in [0.15, 0.2) is 36.4 Å². The van der Waals surface area contributed by atoms with E-state index in [0.717, 1.165) is 20.8 Å². The Morgan fingerprint density at radius 1 is 1.15 bits per heavy atom. The van der Waals surface area contributed by atoms with Crippen molar-refractivity contribution in [3.05, 3.63) is 67.8 Å². The van der Waals surface area contributed by atoms with Crippen LogP contribution in [0.4, 0.5) is 8.78 Å². The molecular formula is C15H13ClF2IN. The van der Waals surface area contributed by atoms with Gasteiger partial charge in [0.2, 0.25) is 0 Å². The Bertz CT molecular complexity index is 619. The molecule has 0 radical (unpaired) electrons. The summed E-state index contributed by atoms with van der Waals surface area (Å²) in [4.78, 5) is 0. The molecule has 5 heteroatoms. The minimum Gasteiger partial charge on any atom is -0.313 e. The van der Waals surface area contributed by atoms with Crippen molar-refractivity contribution in [2.24, 2.45) is 0 Å². The largest absolute Gasteiger partial charge is 0.313 e. The van der Waals surface area contributed by atoms with E-state index in [0.29, 0.717) is 11.4 Å². The van der Waals surface area contributed by atoms with E-state index < -0.39 is 11.6 Å². The van der Waals surface area contributed by atoms with Gasteiger partial charge in [-0.1, -0.05) is 17.7 Å². The molecule has 0 aliphatic carbocycles. The summed E-state index contributed by atoms with van der Waals surface area (Å²) in [5.74, 6) is -1.65. The fourth-order valence-corrected chi connectivity index (χ4v) is 2.94. The quantitative estimate of drug-likeness (QED) is 0.723. The van der Waals surface area contributed by atoms with Crippen LogP contribution >= 0.6 is 34.2 Å². The molecule has 1 nitrogen and oxygen atoms in total. The molecule has 2 aromatic carbocycles. The predicted molar refractivity (Wildman–Crippen MR) is 86.0 cm³/mol. The maximum absolute atomic E-state index is 13.3. The van der Waals surface area contributed by atoms with Crippen LogP contribution in [0, 0.1) is 15.2 Å². The number of halogens is 4. The lowest BCUT2D eigenvalue weighted by Crippen LogP contribution is -2.20. The lowest BCUT2D eigenvalue weighted by Gasteiger charge is -2.19. The first-order chi connectivity index (χ1) is 9.51. The molecule has 2 aromatic rings. The molecule has 106 valence electrons. The van der Waals surface area contributed by atoms with Gasteiger partial charge in [-0.15, -0.1) is 0 Å². The SMILES string of the molecule is CNC(Cc1ccc(F)c(F)c1)c1cc(Cl)ccc1I. The lowest BCUT2D eigenvalue weighted by atomic mass is 9.99. The molecule has 0 aliphatic heterocycles. The Balaban J connectivity index is 2.28. The van der Waals surface area contributed by atoms with Crippen LogP contribution < -0.4 is 5.32 Å². The molecule has 0 amide bonds. The molecule has 0 spiro atoms. The summed E-state index contributed by atoms with van der Waals surface area (Å²) in [6, 6.07) is 9.64. The highest BCUT2D eigenvalue weighted by molar-refractivity contribution is 14.1. The number of likely N-dealkylation sites (N-methyl/N-ethyl adjacent to an activating group) is 1. The van der Waals surface area contributed by atoms with Gasteiger partial charge in [-0.25, -0.2) is 8.78 Å². The lowest BCUT2D eigenvalue weighted by molar-refractivity contribution is 0.504. The predicted octanol–water partition coefficient (Wildman–Crippen LogP) is 4.73. The van der Waals surface area contributed by atoms with Gasteiger partial charge in [0, 0.05) is 14.6 Å². The highest BCUT2D eigenvalue weighted by Crippen LogP contribution is 2.26. The van der Waals surface area contributed by atoms with Crippen LogP contribution in [0.3, 0.4) is 0 Å². The van der Waals surface area contributed by atoms with Crippen molar-refractivity contribution in [3.8, 4) is 0 Å². The first-order valence-corrected chi connectivity index (χ1v) is 7.53. The van der Waals surface area contributed by atoms with E-state index in [1.54, 1.807) is 6.07 Å². The normalized spacial score (nSPS) is 12.4. The molecule has 20 heavy (non-hydrogen) atoms. The van der Waals surface area contributed by atoms with Crippen LogP contribution in [0.25, 0.3) is 0 Å². The second kappa shape index (κ2) is 6.83. The molecule has 0 heterocycles. The molecule has 1 N–H and O–H groups in total. The van der Waals surface area contributed by atoms with Crippen molar-refractivity contribution in [3.63, 3.8) is 0 Å². The minimum atomic E-state index is -0.827. The zero-order valence-electron chi connectivity index (χ0n) is 10.8. The third-order valence-electron chi connectivity index (χ3n) is 3.11. The summed E-state index contributed by atoms with van der Waals surface area (Å²) < 4.78 is 27.3. The van der Waals surface area contributed by atoms with Crippen molar-refractivity contribution in [2.45, 2.75) is 12.5 Å².